The molecule has 0 aliphatic carbocycles. The number of hydrogen-bond acceptors (Lipinski definition) is 2. The first-order chi connectivity index (χ1) is 6.65. The van der Waals surface area contributed by atoms with Crippen LogP contribution in [0.4, 0.5) is 8.78 Å². The molecular weight excluding hydrogens is 256 g/mol. The van der Waals surface area contributed by atoms with Crippen molar-refractivity contribution in [2.24, 2.45) is 4.99 Å². The van der Waals surface area contributed by atoms with Crippen LogP contribution in [0.2, 0.25) is 0 Å². The Hall–Kier alpha value is -1.06. The molecule has 0 radical (unpaired) electrons. The van der Waals surface area contributed by atoms with Gasteiger partial charge in [-0.15, -0.1) is 0 Å². The minimum Gasteiger partial charge on any atom is -0.211 e. The van der Waals surface area contributed by atoms with E-state index in [4.69, 9.17) is 0 Å². The first kappa shape index (κ1) is 11.0. The van der Waals surface area contributed by atoms with E-state index in [1.54, 1.807) is 12.1 Å². The Morgan fingerprint density at radius 3 is 2.64 bits per heavy atom. The van der Waals surface area contributed by atoms with Crippen LogP contribution in [0.1, 0.15) is 11.6 Å². The van der Waals surface area contributed by atoms with E-state index in [0.29, 0.717) is 4.47 Å². The fraction of sp³-hybridized carbons (Fsp3) is 0.222. The summed E-state index contributed by atoms with van der Waals surface area (Å²) in [4.78, 5) is 13.0. The SMILES string of the molecule is O=C=NC(c1cccc(Br)c1)C(F)F. The Bertz CT molecular complexity index is 364. The fourth-order valence-corrected chi connectivity index (χ4v) is 1.44. The van der Waals surface area contributed by atoms with E-state index in [1.165, 1.54) is 12.1 Å². The molecule has 1 unspecified atom stereocenters. The van der Waals surface area contributed by atoms with Crippen LogP contribution in [0, 0.1) is 0 Å². The number of alkyl halides is 2. The highest BCUT2D eigenvalue weighted by Gasteiger charge is 2.21. The third kappa shape index (κ3) is 2.72. The summed E-state index contributed by atoms with van der Waals surface area (Å²) in [6, 6.07) is 4.87. The summed E-state index contributed by atoms with van der Waals surface area (Å²) in [7, 11) is 0. The van der Waals surface area contributed by atoms with Crippen molar-refractivity contribution >= 4 is 22.0 Å². The number of benzene rings is 1. The van der Waals surface area contributed by atoms with Crippen molar-refractivity contribution in [1.82, 2.24) is 0 Å². The van der Waals surface area contributed by atoms with E-state index in [-0.39, 0.29) is 5.56 Å². The number of nitrogens with zero attached hydrogens (tertiary/aromatic N) is 1. The first-order valence-electron chi connectivity index (χ1n) is 3.75. The minimum absolute atomic E-state index is 0.290. The predicted octanol–water partition coefficient (Wildman–Crippen LogP) is 3.09. The van der Waals surface area contributed by atoms with Crippen LogP contribution >= 0.6 is 15.9 Å². The molecule has 2 nitrogen and oxygen atoms in total. The van der Waals surface area contributed by atoms with Gasteiger partial charge in [-0.3, -0.25) is 0 Å². The second kappa shape index (κ2) is 4.98. The lowest BCUT2D eigenvalue weighted by Crippen LogP contribution is -2.06. The van der Waals surface area contributed by atoms with Crippen molar-refractivity contribution in [2.75, 3.05) is 0 Å². The van der Waals surface area contributed by atoms with Crippen LogP contribution in [0.5, 0.6) is 0 Å². The van der Waals surface area contributed by atoms with Gasteiger partial charge in [-0.2, -0.15) is 4.99 Å². The van der Waals surface area contributed by atoms with Crippen molar-refractivity contribution in [3.05, 3.63) is 34.3 Å². The molecular formula is C9H6BrF2NO. The zero-order valence-corrected chi connectivity index (χ0v) is 8.54. The highest BCUT2D eigenvalue weighted by Crippen LogP contribution is 2.26. The Labute approximate surface area is 87.8 Å². The van der Waals surface area contributed by atoms with E-state index in [2.05, 4.69) is 20.9 Å². The molecule has 1 rings (SSSR count). The molecule has 0 bridgehead atoms. The quantitative estimate of drug-likeness (QED) is 0.608. The monoisotopic (exact) mass is 261 g/mol. The van der Waals surface area contributed by atoms with Crippen LogP contribution in [-0.2, 0) is 4.79 Å². The van der Waals surface area contributed by atoms with E-state index < -0.39 is 12.5 Å². The van der Waals surface area contributed by atoms with Gasteiger partial charge in [0.25, 0.3) is 6.43 Å². The van der Waals surface area contributed by atoms with E-state index in [0.717, 1.165) is 6.08 Å². The molecule has 0 N–H and O–H groups in total. The largest absolute Gasteiger partial charge is 0.265 e. The molecule has 0 saturated heterocycles. The van der Waals surface area contributed by atoms with Gasteiger partial charge in [0, 0.05) is 4.47 Å². The highest BCUT2D eigenvalue weighted by atomic mass is 79.9. The van der Waals surface area contributed by atoms with Gasteiger partial charge in [0.1, 0.15) is 6.04 Å². The van der Waals surface area contributed by atoms with Crippen LogP contribution in [0.25, 0.3) is 0 Å². The molecule has 74 valence electrons. The predicted molar refractivity (Wildman–Crippen MR) is 51.0 cm³/mol. The molecule has 0 saturated carbocycles. The Kier molecular flexibility index (Phi) is 3.92. The summed E-state index contributed by atoms with van der Waals surface area (Å²) in [6.45, 7) is 0. The molecule has 0 spiro atoms. The maximum Gasteiger partial charge on any atom is 0.265 e. The van der Waals surface area contributed by atoms with Gasteiger partial charge in [-0.1, -0.05) is 28.1 Å². The zero-order valence-electron chi connectivity index (χ0n) is 6.95. The van der Waals surface area contributed by atoms with Gasteiger partial charge in [-0.25, -0.2) is 13.6 Å². The number of hydrogen-bond donors (Lipinski definition) is 0. The van der Waals surface area contributed by atoms with Gasteiger partial charge >= 0.3 is 0 Å². The maximum absolute atomic E-state index is 12.4. The van der Waals surface area contributed by atoms with Crippen molar-refractivity contribution in [3.8, 4) is 0 Å². The van der Waals surface area contributed by atoms with Crippen LogP contribution in [0.15, 0.2) is 33.7 Å². The van der Waals surface area contributed by atoms with Crippen molar-refractivity contribution in [1.29, 1.82) is 0 Å². The fourth-order valence-electron chi connectivity index (χ4n) is 1.02. The van der Waals surface area contributed by atoms with Gasteiger partial charge in [0.05, 0.1) is 0 Å². The Balaban J connectivity index is 3.04. The number of aliphatic imine (C=N–C) groups is 1. The van der Waals surface area contributed by atoms with Gasteiger partial charge in [-0.05, 0) is 17.7 Å². The molecule has 0 aliphatic rings. The number of halogens is 3. The summed E-state index contributed by atoms with van der Waals surface area (Å²) < 4.78 is 25.5. The van der Waals surface area contributed by atoms with E-state index in [1.807, 2.05) is 0 Å². The molecule has 0 fully saturated rings. The van der Waals surface area contributed by atoms with Crippen molar-refractivity contribution in [3.63, 3.8) is 0 Å². The Morgan fingerprint density at radius 1 is 1.43 bits per heavy atom. The van der Waals surface area contributed by atoms with E-state index >= 15 is 0 Å². The second-order valence-electron chi connectivity index (χ2n) is 2.55. The Morgan fingerprint density at radius 2 is 2.14 bits per heavy atom. The van der Waals surface area contributed by atoms with Crippen molar-refractivity contribution in [2.45, 2.75) is 12.5 Å². The van der Waals surface area contributed by atoms with Crippen LogP contribution in [-0.4, -0.2) is 12.5 Å². The first-order valence-corrected chi connectivity index (χ1v) is 4.55. The smallest absolute Gasteiger partial charge is 0.211 e. The standard InChI is InChI=1S/C9H6BrF2NO/c10-7-3-1-2-6(4-7)8(9(11)12)13-5-14/h1-4,8-9H. The molecule has 1 aromatic carbocycles. The molecule has 0 aromatic heterocycles. The lowest BCUT2D eigenvalue weighted by atomic mass is 10.1. The third-order valence-electron chi connectivity index (χ3n) is 1.62. The number of rotatable bonds is 3. The summed E-state index contributed by atoms with van der Waals surface area (Å²) in [6.07, 6.45) is -1.56. The third-order valence-corrected chi connectivity index (χ3v) is 2.11. The van der Waals surface area contributed by atoms with Gasteiger partial charge in [0.2, 0.25) is 6.08 Å². The summed E-state index contributed by atoms with van der Waals surface area (Å²) in [5.41, 5.74) is 0.290. The van der Waals surface area contributed by atoms with Gasteiger partial charge < -0.3 is 0 Å². The van der Waals surface area contributed by atoms with Crippen LogP contribution < -0.4 is 0 Å². The second-order valence-corrected chi connectivity index (χ2v) is 3.47. The lowest BCUT2D eigenvalue weighted by molar-refractivity contribution is 0.117. The number of isocyanates is 1. The minimum atomic E-state index is -2.70. The molecule has 5 heteroatoms. The normalized spacial score (nSPS) is 12.3. The lowest BCUT2D eigenvalue weighted by Gasteiger charge is -2.09. The topological polar surface area (TPSA) is 29.4 Å². The summed E-state index contributed by atoms with van der Waals surface area (Å²) in [5, 5.41) is 0. The average Bonchev–Trinajstić information content (AvgIpc) is 2.13. The zero-order chi connectivity index (χ0) is 10.6. The highest BCUT2D eigenvalue weighted by molar-refractivity contribution is 9.10. The van der Waals surface area contributed by atoms with Crippen molar-refractivity contribution < 1.29 is 13.6 Å². The van der Waals surface area contributed by atoms with Crippen LogP contribution in [0.3, 0.4) is 0 Å². The molecule has 0 amide bonds. The van der Waals surface area contributed by atoms with Gasteiger partial charge in [0.15, 0.2) is 0 Å². The van der Waals surface area contributed by atoms with E-state index in [9.17, 15) is 13.6 Å². The average molecular weight is 262 g/mol. The number of carbonyl (C=O) groups excluding carboxylic acids is 1. The molecule has 1 atom stereocenters. The summed E-state index contributed by atoms with van der Waals surface area (Å²) in [5.74, 6) is 0. The molecule has 0 heterocycles. The molecule has 1 aromatic rings. The molecule has 0 aliphatic heterocycles. The summed E-state index contributed by atoms with van der Waals surface area (Å²) >= 11 is 3.15. The maximum atomic E-state index is 12.4. The molecule has 14 heavy (non-hydrogen) atoms.